The molecule has 1 aromatic heterocycles. The monoisotopic (exact) mass is 850 g/mol. The van der Waals surface area contributed by atoms with Gasteiger partial charge in [-0.15, -0.1) is 0 Å². The molecule has 0 radical (unpaired) electrons. The molecule has 1 atom stereocenters. The van der Waals surface area contributed by atoms with Crippen LogP contribution in [0.4, 0.5) is 34.1 Å². The topological polar surface area (TPSA) is 14.7 Å². The van der Waals surface area contributed by atoms with Gasteiger partial charge in [0.05, 0.1) is 17.1 Å². The summed E-state index contributed by atoms with van der Waals surface area (Å²) in [4.78, 5) is 7.26. The molecular weight excluding hydrogens is 801 g/mol. The summed E-state index contributed by atoms with van der Waals surface area (Å²) in [6.07, 6.45) is 19.8. The number of para-hydroxylation sites is 5. The molecule has 0 spiro atoms. The number of hydrogen-bond donors (Lipinski definition) is 0. The average Bonchev–Trinajstić information content (AvgIpc) is 3.48. The summed E-state index contributed by atoms with van der Waals surface area (Å²) in [5.41, 5.74) is 16.4. The van der Waals surface area contributed by atoms with Crippen LogP contribution in [-0.2, 0) is 0 Å². The standard InChI is InChI=1S/C62H50N4/c1-46-19-15-17-29-60(46)65(51-24-7-2-3-8-25-51)56-41-39-55(40-42-56)63(49-20-9-4-10-21-49)53-35-31-47(32-36-53)48-33-37-54(38-34-48)64(50-22-11-5-12-23-50)57-43-44-62-59(45-57)58-28-16-18-30-61(58)66(62)52-26-13-6-14-27-52/h2-24,26-41,43-45,56H,25,42H2,1H3. The molecule has 1 unspecified atom stereocenters. The van der Waals surface area contributed by atoms with Gasteiger partial charge < -0.3 is 19.3 Å². The van der Waals surface area contributed by atoms with Gasteiger partial charge in [0.2, 0.25) is 0 Å². The average molecular weight is 851 g/mol. The molecule has 318 valence electrons. The molecule has 0 saturated carbocycles. The van der Waals surface area contributed by atoms with E-state index in [2.05, 4.69) is 281 Å². The Balaban J connectivity index is 0.893. The van der Waals surface area contributed by atoms with Gasteiger partial charge in [0.1, 0.15) is 0 Å². The second-order valence-corrected chi connectivity index (χ2v) is 16.9. The highest BCUT2D eigenvalue weighted by Crippen LogP contribution is 2.41. The van der Waals surface area contributed by atoms with E-state index in [-0.39, 0.29) is 6.04 Å². The van der Waals surface area contributed by atoms with Crippen molar-refractivity contribution in [2.45, 2.75) is 25.8 Å². The first-order valence-corrected chi connectivity index (χ1v) is 22.9. The van der Waals surface area contributed by atoms with Gasteiger partial charge in [-0.2, -0.15) is 0 Å². The van der Waals surface area contributed by atoms with Crippen LogP contribution in [-0.4, -0.2) is 10.6 Å². The normalized spacial score (nSPS) is 14.5. The van der Waals surface area contributed by atoms with Crippen molar-refractivity contribution in [3.63, 3.8) is 0 Å². The SMILES string of the molecule is Cc1ccccc1N(C1=CC=CC=CC1)C1C=CC(N(c2ccccc2)c2ccc(-c3ccc(N(c4ccccc4)c4ccc5c(c4)c4ccccc4n5-c4ccccc4)cc3)cc2)=CC1. The molecule has 0 saturated heterocycles. The lowest BCUT2D eigenvalue weighted by atomic mass is 9.99. The highest BCUT2D eigenvalue weighted by Gasteiger charge is 2.25. The molecule has 0 aliphatic heterocycles. The van der Waals surface area contributed by atoms with Gasteiger partial charge in [0.25, 0.3) is 0 Å². The summed E-state index contributed by atoms with van der Waals surface area (Å²) in [6.45, 7) is 2.21. The number of fused-ring (bicyclic) bond motifs is 3. The molecule has 0 amide bonds. The van der Waals surface area contributed by atoms with Crippen molar-refractivity contribution in [1.82, 2.24) is 4.57 Å². The number of anilines is 6. The second kappa shape index (κ2) is 18.0. The lowest BCUT2D eigenvalue weighted by Crippen LogP contribution is -2.35. The van der Waals surface area contributed by atoms with Gasteiger partial charge in [-0.25, -0.2) is 0 Å². The lowest BCUT2D eigenvalue weighted by molar-refractivity contribution is 0.734. The molecular formula is C62H50N4. The van der Waals surface area contributed by atoms with E-state index in [0.717, 1.165) is 52.7 Å². The largest absolute Gasteiger partial charge is 0.337 e. The zero-order valence-corrected chi connectivity index (χ0v) is 37.0. The summed E-state index contributed by atoms with van der Waals surface area (Å²) < 4.78 is 2.37. The van der Waals surface area contributed by atoms with Crippen LogP contribution >= 0.6 is 0 Å². The highest BCUT2D eigenvalue weighted by atomic mass is 15.2. The Hall–Kier alpha value is -8.34. The van der Waals surface area contributed by atoms with Crippen molar-refractivity contribution in [3.05, 3.63) is 272 Å². The van der Waals surface area contributed by atoms with E-state index in [1.807, 2.05) is 0 Å². The molecule has 0 fully saturated rings. The third kappa shape index (κ3) is 7.84. The Kier molecular flexibility index (Phi) is 11.0. The molecule has 0 bridgehead atoms. The summed E-state index contributed by atoms with van der Waals surface area (Å²) >= 11 is 0. The Bertz CT molecular complexity index is 3300. The molecule has 9 aromatic rings. The first kappa shape index (κ1) is 40.4. The lowest BCUT2D eigenvalue weighted by Gasteiger charge is -2.37. The van der Waals surface area contributed by atoms with E-state index in [9.17, 15) is 0 Å². The van der Waals surface area contributed by atoms with Gasteiger partial charge in [0.15, 0.2) is 0 Å². The maximum absolute atomic E-state index is 2.52. The third-order valence-electron chi connectivity index (χ3n) is 12.8. The number of allylic oxidation sites excluding steroid dienone is 6. The molecule has 1 heterocycles. The predicted octanol–water partition coefficient (Wildman–Crippen LogP) is 16.5. The molecule has 2 aliphatic rings. The summed E-state index contributed by atoms with van der Waals surface area (Å²) in [5.74, 6) is 0. The maximum Gasteiger partial charge on any atom is 0.0558 e. The number of nitrogens with zero attached hydrogens (tertiary/aromatic N) is 4. The second-order valence-electron chi connectivity index (χ2n) is 16.9. The van der Waals surface area contributed by atoms with E-state index in [0.29, 0.717) is 0 Å². The van der Waals surface area contributed by atoms with Crippen LogP contribution < -0.4 is 14.7 Å². The summed E-state index contributed by atoms with van der Waals surface area (Å²) in [6, 6.07) is 74.5. The van der Waals surface area contributed by atoms with Crippen molar-refractivity contribution in [2.24, 2.45) is 0 Å². The summed E-state index contributed by atoms with van der Waals surface area (Å²) in [7, 11) is 0. The van der Waals surface area contributed by atoms with Crippen LogP contribution in [0.1, 0.15) is 18.4 Å². The molecule has 4 heteroatoms. The molecule has 8 aromatic carbocycles. The van der Waals surface area contributed by atoms with Gasteiger partial charge in [0, 0.05) is 68.4 Å². The number of aryl methyl sites for hydroxylation is 1. The van der Waals surface area contributed by atoms with E-state index in [4.69, 9.17) is 0 Å². The fourth-order valence-corrected chi connectivity index (χ4v) is 9.69. The van der Waals surface area contributed by atoms with Gasteiger partial charge >= 0.3 is 0 Å². The molecule has 4 nitrogen and oxygen atoms in total. The zero-order valence-electron chi connectivity index (χ0n) is 37.0. The first-order valence-electron chi connectivity index (χ1n) is 22.9. The number of aromatic nitrogens is 1. The number of hydrogen-bond acceptors (Lipinski definition) is 3. The van der Waals surface area contributed by atoms with Gasteiger partial charge in [-0.05, 0) is 133 Å². The quantitative estimate of drug-likeness (QED) is 0.129. The van der Waals surface area contributed by atoms with E-state index < -0.39 is 0 Å². The van der Waals surface area contributed by atoms with Crippen LogP contribution in [0.25, 0.3) is 38.6 Å². The fourth-order valence-electron chi connectivity index (χ4n) is 9.69. The molecule has 2 aliphatic carbocycles. The van der Waals surface area contributed by atoms with Gasteiger partial charge in [-0.1, -0.05) is 152 Å². The van der Waals surface area contributed by atoms with E-state index in [1.54, 1.807) is 0 Å². The zero-order chi connectivity index (χ0) is 44.2. The minimum Gasteiger partial charge on any atom is -0.337 e. The number of benzene rings is 8. The third-order valence-corrected chi connectivity index (χ3v) is 12.8. The molecule has 11 rings (SSSR count). The van der Waals surface area contributed by atoms with Crippen LogP contribution in [0.3, 0.4) is 0 Å². The van der Waals surface area contributed by atoms with Crippen LogP contribution in [0.2, 0.25) is 0 Å². The van der Waals surface area contributed by atoms with Crippen LogP contribution in [0.5, 0.6) is 0 Å². The predicted molar refractivity (Wildman–Crippen MR) is 280 cm³/mol. The van der Waals surface area contributed by atoms with Crippen LogP contribution in [0, 0.1) is 6.92 Å². The van der Waals surface area contributed by atoms with E-state index in [1.165, 1.54) is 49.9 Å². The first-order chi connectivity index (χ1) is 32.7. The minimum atomic E-state index is 0.186. The van der Waals surface area contributed by atoms with Crippen molar-refractivity contribution >= 4 is 55.9 Å². The smallest absolute Gasteiger partial charge is 0.0558 e. The Morgan fingerprint density at radius 3 is 1.74 bits per heavy atom. The summed E-state index contributed by atoms with van der Waals surface area (Å²) in [5, 5.41) is 2.46. The molecule has 66 heavy (non-hydrogen) atoms. The minimum absolute atomic E-state index is 0.186. The number of rotatable bonds is 11. The Labute approximate surface area is 387 Å². The molecule has 0 N–H and O–H groups in total. The van der Waals surface area contributed by atoms with Crippen molar-refractivity contribution in [2.75, 3.05) is 14.7 Å². The van der Waals surface area contributed by atoms with Crippen molar-refractivity contribution in [3.8, 4) is 16.8 Å². The van der Waals surface area contributed by atoms with E-state index >= 15 is 0 Å². The van der Waals surface area contributed by atoms with Gasteiger partial charge in [-0.3, -0.25) is 0 Å². The maximum atomic E-state index is 2.52. The fraction of sp³-hybridized carbons (Fsp3) is 0.0645. The van der Waals surface area contributed by atoms with Crippen molar-refractivity contribution in [1.29, 1.82) is 0 Å². The van der Waals surface area contributed by atoms with Crippen LogP contribution in [0.15, 0.2) is 266 Å². The Morgan fingerprint density at radius 2 is 1.06 bits per heavy atom. The Morgan fingerprint density at radius 1 is 0.485 bits per heavy atom. The highest BCUT2D eigenvalue weighted by molar-refractivity contribution is 6.10. The van der Waals surface area contributed by atoms with Crippen molar-refractivity contribution < 1.29 is 0 Å².